The maximum atomic E-state index is 13.1. The number of benzene rings is 1. The van der Waals surface area contributed by atoms with E-state index in [9.17, 15) is 9.18 Å². The molecule has 2 nitrogen and oxygen atoms in total. The van der Waals surface area contributed by atoms with Crippen molar-refractivity contribution in [3.05, 3.63) is 35.0 Å². The summed E-state index contributed by atoms with van der Waals surface area (Å²) in [5.41, 5.74) is 0. The van der Waals surface area contributed by atoms with Crippen molar-refractivity contribution in [3.63, 3.8) is 0 Å². The number of carbonyl (C=O) groups excluding carboxylic acids is 1. The Bertz CT molecular complexity index is 601. The molecule has 19 heavy (non-hydrogen) atoms. The quantitative estimate of drug-likeness (QED) is 0.879. The second kappa shape index (κ2) is 5.29. The number of hydrogen-bond donors (Lipinski definition) is 1. The third kappa shape index (κ3) is 2.78. The predicted molar refractivity (Wildman–Crippen MR) is 76.1 cm³/mol. The molecule has 1 N–H and O–H groups in total. The molecule has 1 aliphatic rings. The van der Waals surface area contributed by atoms with Crippen molar-refractivity contribution in [2.24, 2.45) is 0 Å². The summed E-state index contributed by atoms with van der Waals surface area (Å²) in [5.74, 6) is -0.280. The molecule has 1 amide bonds. The van der Waals surface area contributed by atoms with E-state index in [0.717, 1.165) is 22.9 Å². The van der Waals surface area contributed by atoms with Crippen LogP contribution >= 0.6 is 11.3 Å². The smallest absolute Gasteiger partial charge is 0.261 e. The fourth-order valence-corrected chi connectivity index (χ4v) is 3.58. The molecule has 1 heterocycles. The number of fused-ring (bicyclic) bond motifs is 1. The van der Waals surface area contributed by atoms with Gasteiger partial charge in [0.15, 0.2) is 0 Å². The third-order valence-corrected chi connectivity index (χ3v) is 4.76. The van der Waals surface area contributed by atoms with E-state index in [2.05, 4.69) is 5.32 Å². The Hall–Kier alpha value is -1.42. The molecule has 0 radical (unpaired) electrons. The Morgan fingerprint density at radius 3 is 2.79 bits per heavy atom. The van der Waals surface area contributed by atoms with Gasteiger partial charge in [0.05, 0.1) is 4.88 Å². The van der Waals surface area contributed by atoms with Crippen molar-refractivity contribution >= 4 is 27.3 Å². The summed E-state index contributed by atoms with van der Waals surface area (Å²) in [6, 6.07) is 6.72. The van der Waals surface area contributed by atoms with Crippen LogP contribution in [0.4, 0.5) is 4.39 Å². The molecular weight excluding hydrogens is 261 g/mol. The summed E-state index contributed by atoms with van der Waals surface area (Å²) in [5, 5.41) is 3.89. The Morgan fingerprint density at radius 2 is 2.00 bits per heavy atom. The van der Waals surface area contributed by atoms with Gasteiger partial charge in [-0.05, 0) is 42.5 Å². The largest absolute Gasteiger partial charge is 0.349 e. The summed E-state index contributed by atoms with van der Waals surface area (Å²) in [6.07, 6.45) is 5.82. The van der Waals surface area contributed by atoms with Crippen LogP contribution < -0.4 is 5.32 Å². The molecule has 4 heteroatoms. The van der Waals surface area contributed by atoms with Gasteiger partial charge >= 0.3 is 0 Å². The van der Waals surface area contributed by atoms with Gasteiger partial charge < -0.3 is 5.32 Å². The standard InChI is InChI=1S/C15H16FNOS/c16-11-6-7-13-10(8-11)9-14(19-13)15(18)17-12-4-2-1-3-5-12/h6-9,12H,1-5H2,(H,17,18). The highest BCUT2D eigenvalue weighted by Crippen LogP contribution is 2.27. The molecule has 2 aromatic rings. The summed E-state index contributed by atoms with van der Waals surface area (Å²) in [6.45, 7) is 0. The number of hydrogen-bond acceptors (Lipinski definition) is 2. The van der Waals surface area contributed by atoms with E-state index < -0.39 is 0 Å². The highest BCUT2D eigenvalue weighted by atomic mass is 32.1. The molecule has 1 aliphatic carbocycles. The van der Waals surface area contributed by atoms with E-state index in [4.69, 9.17) is 0 Å². The molecule has 0 bridgehead atoms. The molecule has 1 fully saturated rings. The molecule has 0 spiro atoms. The van der Waals surface area contributed by atoms with Crippen molar-refractivity contribution in [2.75, 3.05) is 0 Å². The van der Waals surface area contributed by atoms with Crippen LogP contribution in [0, 0.1) is 5.82 Å². The SMILES string of the molecule is O=C(NC1CCCCC1)c1cc2cc(F)ccc2s1. The molecule has 0 saturated heterocycles. The van der Waals surface area contributed by atoms with Crippen LogP contribution in [0.3, 0.4) is 0 Å². The normalized spacial score (nSPS) is 16.7. The van der Waals surface area contributed by atoms with Crippen molar-refractivity contribution in [1.29, 1.82) is 0 Å². The lowest BCUT2D eigenvalue weighted by Gasteiger charge is -2.22. The Labute approximate surface area is 115 Å². The monoisotopic (exact) mass is 277 g/mol. The molecular formula is C15H16FNOS. The first-order chi connectivity index (χ1) is 9.22. The van der Waals surface area contributed by atoms with Crippen molar-refractivity contribution in [3.8, 4) is 0 Å². The minimum atomic E-state index is -0.260. The Morgan fingerprint density at radius 1 is 1.21 bits per heavy atom. The first kappa shape index (κ1) is 12.6. The average molecular weight is 277 g/mol. The van der Waals surface area contributed by atoms with Gasteiger partial charge in [-0.3, -0.25) is 4.79 Å². The zero-order chi connectivity index (χ0) is 13.2. The van der Waals surface area contributed by atoms with Gasteiger partial charge in [0.1, 0.15) is 5.82 Å². The van der Waals surface area contributed by atoms with E-state index in [-0.39, 0.29) is 11.7 Å². The van der Waals surface area contributed by atoms with E-state index >= 15 is 0 Å². The average Bonchev–Trinajstić information content (AvgIpc) is 2.83. The second-order valence-corrected chi connectivity index (χ2v) is 6.18. The van der Waals surface area contributed by atoms with Crippen LogP contribution in [0.15, 0.2) is 24.3 Å². The number of carbonyl (C=O) groups is 1. The summed E-state index contributed by atoms with van der Waals surface area (Å²) >= 11 is 1.42. The number of thiophene rings is 1. The fourth-order valence-electron chi connectivity index (χ4n) is 2.63. The van der Waals surface area contributed by atoms with Gasteiger partial charge in [-0.25, -0.2) is 4.39 Å². The van der Waals surface area contributed by atoms with Gasteiger partial charge in [-0.1, -0.05) is 19.3 Å². The Balaban J connectivity index is 1.77. The lowest BCUT2D eigenvalue weighted by Crippen LogP contribution is -2.35. The van der Waals surface area contributed by atoms with Gasteiger partial charge in [0.25, 0.3) is 5.91 Å². The lowest BCUT2D eigenvalue weighted by molar-refractivity contribution is 0.0932. The van der Waals surface area contributed by atoms with Gasteiger partial charge in [-0.2, -0.15) is 0 Å². The minimum Gasteiger partial charge on any atom is -0.349 e. The topological polar surface area (TPSA) is 29.1 Å². The van der Waals surface area contributed by atoms with Crippen molar-refractivity contribution < 1.29 is 9.18 Å². The zero-order valence-corrected chi connectivity index (χ0v) is 11.4. The Kier molecular flexibility index (Phi) is 3.51. The summed E-state index contributed by atoms with van der Waals surface area (Å²) in [7, 11) is 0. The van der Waals surface area contributed by atoms with Crippen LogP contribution in [0.2, 0.25) is 0 Å². The van der Waals surface area contributed by atoms with Gasteiger partial charge in [0, 0.05) is 10.7 Å². The van der Waals surface area contributed by atoms with Crippen molar-refractivity contribution in [2.45, 2.75) is 38.1 Å². The first-order valence-electron chi connectivity index (χ1n) is 6.72. The summed E-state index contributed by atoms with van der Waals surface area (Å²) in [4.78, 5) is 12.8. The van der Waals surface area contributed by atoms with Crippen LogP contribution in [0.1, 0.15) is 41.8 Å². The lowest BCUT2D eigenvalue weighted by atomic mass is 9.95. The van der Waals surface area contributed by atoms with Gasteiger partial charge in [-0.15, -0.1) is 11.3 Å². The molecule has 1 aromatic heterocycles. The third-order valence-electron chi connectivity index (χ3n) is 3.64. The predicted octanol–water partition coefficient (Wildman–Crippen LogP) is 4.10. The van der Waals surface area contributed by atoms with E-state index in [1.807, 2.05) is 0 Å². The maximum Gasteiger partial charge on any atom is 0.261 e. The molecule has 0 unspecified atom stereocenters. The highest BCUT2D eigenvalue weighted by molar-refractivity contribution is 7.20. The van der Waals surface area contributed by atoms with Crippen LogP contribution in [0.25, 0.3) is 10.1 Å². The van der Waals surface area contributed by atoms with Crippen LogP contribution in [-0.2, 0) is 0 Å². The number of nitrogens with one attached hydrogen (secondary N) is 1. The first-order valence-corrected chi connectivity index (χ1v) is 7.54. The maximum absolute atomic E-state index is 13.1. The summed E-state index contributed by atoms with van der Waals surface area (Å²) < 4.78 is 14.1. The van der Waals surface area contributed by atoms with Crippen molar-refractivity contribution in [1.82, 2.24) is 5.32 Å². The molecule has 0 aliphatic heterocycles. The molecule has 3 rings (SSSR count). The molecule has 1 saturated carbocycles. The number of halogens is 1. The van der Waals surface area contributed by atoms with E-state index in [1.54, 1.807) is 12.1 Å². The highest BCUT2D eigenvalue weighted by Gasteiger charge is 2.18. The molecule has 1 aromatic carbocycles. The van der Waals surface area contributed by atoms with Crippen LogP contribution in [0.5, 0.6) is 0 Å². The van der Waals surface area contributed by atoms with Gasteiger partial charge in [0.2, 0.25) is 0 Å². The second-order valence-electron chi connectivity index (χ2n) is 5.10. The van der Waals surface area contributed by atoms with E-state index in [0.29, 0.717) is 10.9 Å². The van der Waals surface area contributed by atoms with Crippen LogP contribution in [-0.4, -0.2) is 11.9 Å². The number of amides is 1. The zero-order valence-electron chi connectivity index (χ0n) is 10.6. The molecule has 0 atom stereocenters. The molecule has 100 valence electrons. The fraction of sp³-hybridized carbons (Fsp3) is 0.400. The van der Waals surface area contributed by atoms with E-state index in [1.165, 1.54) is 42.7 Å². The minimum absolute atomic E-state index is 0.0199. The number of rotatable bonds is 2.